The first-order valence-electron chi connectivity index (χ1n) is 8.57. The molecule has 1 saturated heterocycles. The average Bonchev–Trinajstić information content (AvgIpc) is 2.62. The smallest absolute Gasteiger partial charge is 0.243 e. The van der Waals surface area contributed by atoms with Crippen molar-refractivity contribution in [2.24, 2.45) is 0 Å². The highest BCUT2D eigenvalue weighted by Gasteiger charge is 2.30. The number of benzene rings is 2. The van der Waals surface area contributed by atoms with Crippen molar-refractivity contribution in [1.82, 2.24) is 4.31 Å². The maximum Gasteiger partial charge on any atom is 0.243 e. The van der Waals surface area contributed by atoms with Crippen LogP contribution in [0.15, 0.2) is 53.4 Å². The SMILES string of the molecule is CC1CCCCN1S(=O)(=O)c1ccc(NCc2ccc(Cl)cc2)cc1. The summed E-state index contributed by atoms with van der Waals surface area (Å²) in [5, 5.41) is 4.01. The Hall–Kier alpha value is -1.56. The lowest BCUT2D eigenvalue weighted by Crippen LogP contribution is -2.41. The number of rotatable bonds is 5. The topological polar surface area (TPSA) is 49.4 Å². The Kier molecular flexibility index (Phi) is 5.67. The molecule has 1 fully saturated rings. The van der Waals surface area contributed by atoms with E-state index in [9.17, 15) is 8.42 Å². The van der Waals surface area contributed by atoms with Crippen LogP contribution in [-0.4, -0.2) is 25.3 Å². The number of anilines is 1. The van der Waals surface area contributed by atoms with Gasteiger partial charge in [-0.2, -0.15) is 4.31 Å². The van der Waals surface area contributed by atoms with E-state index in [0.29, 0.717) is 23.0 Å². The first-order chi connectivity index (χ1) is 12.0. The number of hydrogen-bond acceptors (Lipinski definition) is 3. The summed E-state index contributed by atoms with van der Waals surface area (Å²) in [4.78, 5) is 0.360. The van der Waals surface area contributed by atoms with Crippen LogP contribution >= 0.6 is 11.6 Å². The molecule has 1 aliphatic heterocycles. The fraction of sp³-hybridized carbons (Fsp3) is 0.368. The fourth-order valence-electron chi connectivity index (χ4n) is 3.12. The minimum Gasteiger partial charge on any atom is -0.381 e. The maximum atomic E-state index is 12.8. The highest BCUT2D eigenvalue weighted by atomic mass is 35.5. The molecule has 0 radical (unpaired) electrons. The van der Waals surface area contributed by atoms with E-state index in [4.69, 9.17) is 11.6 Å². The van der Waals surface area contributed by atoms with Crippen LogP contribution in [0.5, 0.6) is 0 Å². The van der Waals surface area contributed by atoms with Crippen molar-refractivity contribution in [1.29, 1.82) is 0 Å². The summed E-state index contributed by atoms with van der Waals surface area (Å²) >= 11 is 5.88. The minimum absolute atomic E-state index is 0.0708. The molecule has 0 aliphatic carbocycles. The van der Waals surface area contributed by atoms with Crippen LogP contribution in [0.4, 0.5) is 5.69 Å². The van der Waals surface area contributed by atoms with Crippen LogP contribution in [0, 0.1) is 0 Å². The van der Waals surface area contributed by atoms with Crippen LogP contribution < -0.4 is 5.32 Å². The Morgan fingerprint density at radius 3 is 2.40 bits per heavy atom. The minimum atomic E-state index is -3.41. The van der Waals surface area contributed by atoms with Gasteiger partial charge in [0.25, 0.3) is 0 Å². The molecule has 3 rings (SSSR count). The van der Waals surface area contributed by atoms with Crippen molar-refractivity contribution >= 4 is 27.3 Å². The molecule has 2 aromatic rings. The zero-order valence-corrected chi connectivity index (χ0v) is 15.9. The van der Waals surface area contributed by atoms with E-state index >= 15 is 0 Å². The molecule has 1 N–H and O–H groups in total. The monoisotopic (exact) mass is 378 g/mol. The molecule has 25 heavy (non-hydrogen) atoms. The van der Waals surface area contributed by atoms with Gasteiger partial charge in [0, 0.05) is 29.8 Å². The third kappa shape index (κ3) is 4.35. The van der Waals surface area contributed by atoms with Crippen molar-refractivity contribution in [3.63, 3.8) is 0 Å². The van der Waals surface area contributed by atoms with Crippen LogP contribution in [0.25, 0.3) is 0 Å². The van der Waals surface area contributed by atoms with E-state index < -0.39 is 10.0 Å². The largest absolute Gasteiger partial charge is 0.381 e. The zero-order valence-electron chi connectivity index (χ0n) is 14.3. The van der Waals surface area contributed by atoms with Gasteiger partial charge >= 0.3 is 0 Å². The van der Waals surface area contributed by atoms with Crippen molar-refractivity contribution in [3.8, 4) is 0 Å². The van der Waals surface area contributed by atoms with Gasteiger partial charge in [-0.15, -0.1) is 0 Å². The average molecular weight is 379 g/mol. The van der Waals surface area contributed by atoms with Gasteiger partial charge < -0.3 is 5.32 Å². The van der Waals surface area contributed by atoms with E-state index in [1.165, 1.54) is 0 Å². The molecule has 0 bridgehead atoms. The number of hydrogen-bond donors (Lipinski definition) is 1. The predicted molar refractivity (Wildman–Crippen MR) is 102 cm³/mol. The van der Waals surface area contributed by atoms with Crippen LogP contribution in [0.2, 0.25) is 5.02 Å². The highest BCUT2D eigenvalue weighted by molar-refractivity contribution is 7.89. The highest BCUT2D eigenvalue weighted by Crippen LogP contribution is 2.26. The molecular weight excluding hydrogens is 356 g/mol. The molecule has 1 unspecified atom stereocenters. The third-order valence-corrected chi connectivity index (χ3v) is 6.89. The summed E-state index contributed by atoms with van der Waals surface area (Å²) < 4.78 is 27.3. The second-order valence-corrected chi connectivity index (χ2v) is 8.79. The van der Waals surface area contributed by atoms with Gasteiger partial charge in [0.2, 0.25) is 10.0 Å². The summed E-state index contributed by atoms with van der Waals surface area (Å²) in [6, 6.07) is 14.7. The van der Waals surface area contributed by atoms with Gasteiger partial charge in [-0.25, -0.2) is 8.42 Å². The second-order valence-electron chi connectivity index (χ2n) is 6.46. The third-order valence-electron chi connectivity index (χ3n) is 4.61. The summed E-state index contributed by atoms with van der Waals surface area (Å²) in [6.07, 6.45) is 2.96. The molecule has 0 amide bonds. The van der Waals surface area contributed by atoms with Crippen molar-refractivity contribution in [2.75, 3.05) is 11.9 Å². The van der Waals surface area contributed by atoms with E-state index in [1.807, 2.05) is 43.3 Å². The first kappa shape index (κ1) is 18.2. The van der Waals surface area contributed by atoms with Gasteiger partial charge in [0.05, 0.1) is 4.90 Å². The lowest BCUT2D eigenvalue weighted by molar-refractivity contribution is 0.268. The number of halogens is 1. The van der Waals surface area contributed by atoms with E-state index in [1.54, 1.807) is 16.4 Å². The Bertz CT molecular complexity index is 804. The van der Waals surface area contributed by atoms with E-state index in [2.05, 4.69) is 5.32 Å². The van der Waals surface area contributed by atoms with Gasteiger partial charge in [-0.1, -0.05) is 30.2 Å². The molecule has 1 atom stereocenters. The molecule has 134 valence electrons. The van der Waals surface area contributed by atoms with Crippen molar-refractivity contribution in [3.05, 3.63) is 59.1 Å². The molecule has 1 heterocycles. The molecule has 0 aromatic heterocycles. The Morgan fingerprint density at radius 1 is 1.08 bits per heavy atom. The van der Waals surface area contributed by atoms with Crippen molar-refractivity contribution in [2.45, 2.75) is 43.7 Å². The maximum absolute atomic E-state index is 12.8. The lowest BCUT2D eigenvalue weighted by atomic mass is 10.1. The number of nitrogens with zero attached hydrogens (tertiary/aromatic N) is 1. The van der Waals surface area contributed by atoms with Crippen LogP contribution in [0.3, 0.4) is 0 Å². The van der Waals surface area contributed by atoms with Gasteiger partial charge in [0.15, 0.2) is 0 Å². The molecule has 4 nitrogen and oxygen atoms in total. The number of piperidine rings is 1. The normalized spacial score (nSPS) is 18.9. The number of nitrogens with one attached hydrogen (secondary N) is 1. The van der Waals surface area contributed by atoms with Crippen molar-refractivity contribution < 1.29 is 8.42 Å². The molecule has 2 aromatic carbocycles. The summed E-state index contributed by atoms with van der Waals surface area (Å²) in [5.74, 6) is 0. The fourth-order valence-corrected chi connectivity index (χ4v) is 4.94. The number of sulfonamides is 1. The molecule has 6 heteroatoms. The molecule has 0 spiro atoms. The molecular formula is C19H23ClN2O2S. The van der Waals surface area contributed by atoms with Crippen LogP contribution in [-0.2, 0) is 16.6 Å². The quantitative estimate of drug-likeness (QED) is 0.832. The van der Waals surface area contributed by atoms with Gasteiger partial charge in [0.1, 0.15) is 0 Å². The van der Waals surface area contributed by atoms with Gasteiger partial charge in [-0.05, 0) is 61.7 Å². The summed E-state index contributed by atoms with van der Waals surface area (Å²) in [6.45, 7) is 3.26. The van der Waals surface area contributed by atoms with E-state index in [0.717, 1.165) is 30.5 Å². The Balaban J connectivity index is 1.68. The molecule has 0 saturated carbocycles. The Labute approximate surface area is 154 Å². The predicted octanol–water partition coefficient (Wildman–Crippen LogP) is 4.52. The standard InChI is InChI=1S/C19H23ClN2O2S/c1-15-4-2-3-13-22(15)25(23,24)19-11-9-18(10-12-19)21-14-16-5-7-17(20)8-6-16/h5-12,15,21H,2-4,13-14H2,1H3. The van der Waals surface area contributed by atoms with E-state index in [-0.39, 0.29) is 6.04 Å². The molecule has 1 aliphatic rings. The summed E-state index contributed by atoms with van der Waals surface area (Å²) in [7, 11) is -3.41. The van der Waals surface area contributed by atoms with Gasteiger partial charge in [-0.3, -0.25) is 0 Å². The van der Waals surface area contributed by atoms with Crippen LogP contribution in [0.1, 0.15) is 31.7 Å². The first-order valence-corrected chi connectivity index (χ1v) is 10.4. The second kappa shape index (κ2) is 7.77. The lowest BCUT2D eigenvalue weighted by Gasteiger charge is -2.32. The Morgan fingerprint density at radius 2 is 1.76 bits per heavy atom. The summed E-state index contributed by atoms with van der Waals surface area (Å²) in [5.41, 5.74) is 2.00. The zero-order chi connectivity index (χ0) is 17.9.